The van der Waals surface area contributed by atoms with Gasteiger partial charge < -0.3 is 5.32 Å². The molecule has 2 rings (SSSR count). The van der Waals surface area contributed by atoms with E-state index in [1.165, 1.54) is 16.7 Å². The van der Waals surface area contributed by atoms with Crippen molar-refractivity contribution in [2.45, 2.75) is 19.6 Å². The number of aryl methyl sites for hydroxylation is 2. The normalized spacial score (nSPS) is 10.4. The fourth-order valence-electron chi connectivity index (χ4n) is 2.16. The number of carbonyl (C=O) groups excluding carboxylic acids is 1. The molecule has 1 N–H and O–H groups in total. The van der Waals surface area contributed by atoms with Gasteiger partial charge in [0, 0.05) is 5.75 Å². The van der Waals surface area contributed by atoms with Crippen molar-refractivity contribution in [3.63, 3.8) is 0 Å². The third-order valence-electron chi connectivity index (χ3n) is 2.93. The second kappa shape index (κ2) is 7.53. The van der Waals surface area contributed by atoms with Crippen LogP contribution in [-0.2, 0) is 10.5 Å². The van der Waals surface area contributed by atoms with Crippen LogP contribution < -0.4 is 5.32 Å². The molecule has 0 fully saturated rings. The van der Waals surface area contributed by atoms with Gasteiger partial charge >= 0.3 is 0 Å². The summed E-state index contributed by atoms with van der Waals surface area (Å²) in [5.74, 6) is 1.22. The van der Waals surface area contributed by atoms with Gasteiger partial charge in [0.2, 0.25) is 5.91 Å². The molecule has 0 saturated heterocycles. The van der Waals surface area contributed by atoms with Gasteiger partial charge in [-0.2, -0.15) is 0 Å². The van der Waals surface area contributed by atoms with Gasteiger partial charge in [-0.3, -0.25) is 4.79 Å². The summed E-state index contributed by atoms with van der Waals surface area (Å²) in [7, 11) is 0. The Bertz CT molecular complexity index is 622. The number of carbonyl (C=O) groups is 1. The molecule has 0 aromatic heterocycles. The third kappa shape index (κ3) is 5.10. The highest BCUT2D eigenvalue weighted by Crippen LogP contribution is 2.21. The molecule has 0 aliphatic rings. The predicted octanol–water partition coefficient (Wildman–Crippen LogP) is 4.83. The zero-order valence-electron chi connectivity index (χ0n) is 12.2. The van der Waals surface area contributed by atoms with Crippen molar-refractivity contribution in [1.29, 1.82) is 0 Å². The zero-order chi connectivity index (χ0) is 15.2. The van der Waals surface area contributed by atoms with Crippen LogP contribution in [0.5, 0.6) is 0 Å². The van der Waals surface area contributed by atoms with E-state index in [2.05, 4.69) is 37.4 Å². The van der Waals surface area contributed by atoms with Gasteiger partial charge in [-0.05, 0) is 31.5 Å². The lowest BCUT2D eigenvalue weighted by molar-refractivity contribution is -0.113. The fraction of sp³-hybridized carbons (Fsp3) is 0.235. The van der Waals surface area contributed by atoms with Crippen molar-refractivity contribution < 1.29 is 4.79 Å². The summed E-state index contributed by atoms with van der Waals surface area (Å²) < 4.78 is 0. The highest BCUT2D eigenvalue weighted by molar-refractivity contribution is 7.99. The molecule has 0 atom stereocenters. The minimum absolute atomic E-state index is 0.0301. The van der Waals surface area contributed by atoms with Gasteiger partial charge in [0.05, 0.1) is 16.5 Å². The standard InChI is InChI=1S/C17H18ClNOS/c1-12-7-13(2)9-14(8-12)10-21-11-17(20)19-16-6-4-3-5-15(16)18/h3-9H,10-11H2,1-2H3,(H,19,20). The second-order valence-electron chi connectivity index (χ2n) is 5.02. The average molecular weight is 320 g/mol. The molecule has 110 valence electrons. The molecule has 1 amide bonds. The molecule has 0 bridgehead atoms. The Morgan fingerprint density at radius 3 is 2.48 bits per heavy atom. The van der Waals surface area contributed by atoms with Gasteiger partial charge in [-0.15, -0.1) is 11.8 Å². The monoisotopic (exact) mass is 319 g/mol. The number of hydrogen-bond acceptors (Lipinski definition) is 2. The number of rotatable bonds is 5. The van der Waals surface area contributed by atoms with E-state index in [0.717, 1.165) is 5.75 Å². The largest absolute Gasteiger partial charge is 0.324 e. The van der Waals surface area contributed by atoms with Gasteiger partial charge in [0.15, 0.2) is 0 Å². The SMILES string of the molecule is Cc1cc(C)cc(CSCC(=O)Nc2ccccc2Cl)c1. The molecule has 2 aromatic carbocycles. The summed E-state index contributed by atoms with van der Waals surface area (Å²) >= 11 is 7.61. The Kier molecular flexibility index (Phi) is 5.71. The maximum atomic E-state index is 11.9. The van der Waals surface area contributed by atoms with Crippen molar-refractivity contribution in [2.75, 3.05) is 11.1 Å². The summed E-state index contributed by atoms with van der Waals surface area (Å²) in [6.07, 6.45) is 0. The summed E-state index contributed by atoms with van der Waals surface area (Å²) in [6.45, 7) is 4.18. The van der Waals surface area contributed by atoms with Crippen LogP contribution in [0.4, 0.5) is 5.69 Å². The minimum Gasteiger partial charge on any atom is -0.324 e. The molecule has 0 radical (unpaired) electrons. The first kappa shape index (κ1) is 15.9. The summed E-state index contributed by atoms with van der Waals surface area (Å²) in [4.78, 5) is 11.9. The molecule has 0 aliphatic heterocycles. The van der Waals surface area contributed by atoms with Crippen LogP contribution in [0.1, 0.15) is 16.7 Å². The van der Waals surface area contributed by atoms with Crippen LogP contribution >= 0.6 is 23.4 Å². The smallest absolute Gasteiger partial charge is 0.234 e. The molecule has 21 heavy (non-hydrogen) atoms. The molecule has 0 unspecified atom stereocenters. The Labute approximate surface area is 134 Å². The van der Waals surface area contributed by atoms with E-state index in [0.29, 0.717) is 16.5 Å². The van der Waals surface area contributed by atoms with Gasteiger partial charge in [0.1, 0.15) is 0 Å². The number of para-hydroxylation sites is 1. The predicted molar refractivity (Wildman–Crippen MR) is 92.2 cm³/mol. The van der Waals surface area contributed by atoms with E-state index in [9.17, 15) is 4.79 Å². The molecule has 0 heterocycles. The Morgan fingerprint density at radius 1 is 1.14 bits per heavy atom. The van der Waals surface area contributed by atoms with E-state index in [1.54, 1.807) is 23.9 Å². The van der Waals surface area contributed by atoms with Crippen molar-refractivity contribution in [1.82, 2.24) is 0 Å². The van der Waals surface area contributed by atoms with Crippen molar-refractivity contribution in [2.24, 2.45) is 0 Å². The Hall–Kier alpha value is -1.45. The van der Waals surface area contributed by atoms with Crippen LogP contribution in [0.2, 0.25) is 5.02 Å². The highest BCUT2D eigenvalue weighted by atomic mass is 35.5. The maximum Gasteiger partial charge on any atom is 0.234 e. The first-order valence-corrected chi connectivity index (χ1v) is 8.27. The first-order valence-electron chi connectivity index (χ1n) is 6.74. The molecular weight excluding hydrogens is 302 g/mol. The van der Waals surface area contributed by atoms with Crippen molar-refractivity contribution in [3.05, 3.63) is 64.2 Å². The summed E-state index contributed by atoms with van der Waals surface area (Å²) in [6, 6.07) is 13.7. The number of benzene rings is 2. The van der Waals surface area contributed by atoms with Crippen LogP contribution in [0.3, 0.4) is 0 Å². The van der Waals surface area contributed by atoms with Crippen LogP contribution in [0.25, 0.3) is 0 Å². The second-order valence-corrected chi connectivity index (χ2v) is 6.41. The molecule has 2 aromatic rings. The van der Waals surface area contributed by atoms with Crippen molar-refractivity contribution in [3.8, 4) is 0 Å². The van der Waals surface area contributed by atoms with E-state index < -0.39 is 0 Å². The molecule has 0 aliphatic carbocycles. The Balaban J connectivity index is 1.83. The lowest BCUT2D eigenvalue weighted by Gasteiger charge is -2.07. The number of halogens is 1. The van der Waals surface area contributed by atoms with Crippen molar-refractivity contribution >= 4 is 35.0 Å². The van der Waals surface area contributed by atoms with Gasteiger partial charge in [-0.25, -0.2) is 0 Å². The van der Waals surface area contributed by atoms with Gasteiger partial charge in [0.25, 0.3) is 0 Å². The number of amides is 1. The topological polar surface area (TPSA) is 29.1 Å². The average Bonchev–Trinajstić information content (AvgIpc) is 2.40. The zero-order valence-corrected chi connectivity index (χ0v) is 13.7. The maximum absolute atomic E-state index is 11.9. The van der Waals surface area contributed by atoms with E-state index in [4.69, 9.17) is 11.6 Å². The quantitative estimate of drug-likeness (QED) is 0.855. The molecule has 2 nitrogen and oxygen atoms in total. The number of anilines is 1. The summed E-state index contributed by atoms with van der Waals surface area (Å²) in [5, 5.41) is 3.39. The number of nitrogens with one attached hydrogen (secondary N) is 1. The van der Waals surface area contributed by atoms with E-state index in [-0.39, 0.29) is 5.91 Å². The highest BCUT2D eigenvalue weighted by Gasteiger charge is 2.06. The summed E-state index contributed by atoms with van der Waals surface area (Å²) in [5.41, 5.74) is 4.43. The van der Waals surface area contributed by atoms with E-state index >= 15 is 0 Å². The molecule has 0 spiro atoms. The fourth-order valence-corrected chi connectivity index (χ4v) is 3.11. The van der Waals surface area contributed by atoms with Crippen LogP contribution in [0, 0.1) is 13.8 Å². The molecular formula is C17H18ClNOS. The van der Waals surface area contributed by atoms with Gasteiger partial charge in [-0.1, -0.05) is 53.1 Å². The number of hydrogen-bond donors (Lipinski definition) is 1. The van der Waals surface area contributed by atoms with E-state index in [1.807, 2.05) is 12.1 Å². The Morgan fingerprint density at radius 2 is 1.81 bits per heavy atom. The molecule has 4 heteroatoms. The third-order valence-corrected chi connectivity index (χ3v) is 4.26. The van der Waals surface area contributed by atoms with Crippen LogP contribution in [-0.4, -0.2) is 11.7 Å². The minimum atomic E-state index is -0.0301. The molecule has 0 saturated carbocycles. The lowest BCUT2D eigenvalue weighted by Crippen LogP contribution is -2.14. The van der Waals surface area contributed by atoms with Crippen LogP contribution in [0.15, 0.2) is 42.5 Å². The first-order chi connectivity index (χ1) is 10.0. The number of thioether (sulfide) groups is 1. The lowest BCUT2D eigenvalue weighted by atomic mass is 10.1.